The molecule has 1 atom stereocenters. The van der Waals surface area contributed by atoms with Crippen molar-refractivity contribution in [1.29, 1.82) is 0 Å². The van der Waals surface area contributed by atoms with Crippen molar-refractivity contribution in [2.24, 2.45) is 0 Å². The Morgan fingerprint density at radius 1 is 1.25 bits per heavy atom. The molecule has 0 aromatic heterocycles. The molecule has 0 bridgehead atoms. The molecule has 1 aliphatic rings. The first-order valence-electron chi connectivity index (χ1n) is 6.11. The van der Waals surface area contributed by atoms with Gasteiger partial charge in [0, 0.05) is 12.6 Å². The maximum Gasteiger partial charge on any atom is 0.0587 e. The zero-order valence-corrected chi connectivity index (χ0v) is 10.2. The predicted octanol–water partition coefficient (Wildman–Crippen LogP) is 2.26. The van der Waals surface area contributed by atoms with E-state index in [0.29, 0.717) is 12.6 Å². The molecule has 2 nitrogen and oxygen atoms in total. The number of likely N-dealkylation sites (tertiary alicyclic amines) is 1. The summed E-state index contributed by atoms with van der Waals surface area (Å²) in [5, 5.41) is 9.28. The predicted molar refractivity (Wildman–Crippen MR) is 66.4 cm³/mol. The van der Waals surface area contributed by atoms with E-state index in [1.165, 1.54) is 23.1 Å². The third-order valence-corrected chi connectivity index (χ3v) is 3.38. The molecule has 2 heteroatoms. The van der Waals surface area contributed by atoms with Gasteiger partial charge in [0.15, 0.2) is 0 Å². The first kappa shape index (κ1) is 11.6. The largest absolute Gasteiger partial charge is 0.395 e. The average molecular weight is 219 g/mol. The summed E-state index contributed by atoms with van der Waals surface area (Å²) in [5.74, 6) is 0. The fraction of sp³-hybridized carbons (Fsp3) is 0.571. The zero-order chi connectivity index (χ0) is 11.5. The summed E-state index contributed by atoms with van der Waals surface area (Å²) < 4.78 is 0. The van der Waals surface area contributed by atoms with E-state index in [2.05, 4.69) is 36.9 Å². The third-order valence-electron chi connectivity index (χ3n) is 3.38. The number of hydrogen-bond donors (Lipinski definition) is 1. The van der Waals surface area contributed by atoms with Gasteiger partial charge < -0.3 is 5.11 Å². The van der Waals surface area contributed by atoms with Crippen LogP contribution in [0.1, 0.15) is 29.5 Å². The second kappa shape index (κ2) is 4.98. The number of rotatable bonds is 3. The number of aliphatic hydroxyl groups is 1. The van der Waals surface area contributed by atoms with E-state index in [4.69, 9.17) is 0 Å². The van der Waals surface area contributed by atoms with Crippen LogP contribution in [0.15, 0.2) is 18.2 Å². The molecule has 0 aliphatic carbocycles. The Hall–Kier alpha value is -0.860. The van der Waals surface area contributed by atoms with Gasteiger partial charge in [-0.3, -0.25) is 4.90 Å². The summed E-state index contributed by atoms with van der Waals surface area (Å²) in [6.45, 7) is 6.69. The van der Waals surface area contributed by atoms with Crippen molar-refractivity contribution >= 4 is 0 Å². The van der Waals surface area contributed by atoms with Crippen LogP contribution in [0.4, 0.5) is 0 Å². The molecule has 0 saturated carbocycles. The van der Waals surface area contributed by atoms with Crippen molar-refractivity contribution < 1.29 is 5.11 Å². The Bertz CT molecular complexity index is 342. The van der Waals surface area contributed by atoms with Crippen molar-refractivity contribution in [2.75, 3.05) is 13.2 Å². The Kier molecular flexibility index (Phi) is 3.62. The molecule has 1 aliphatic heterocycles. The van der Waals surface area contributed by atoms with Crippen molar-refractivity contribution in [3.05, 3.63) is 34.9 Å². The van der Waals surface area contributed by atoms with Gasteiger partial charge in [-0.05, 0) is 38.8 Å². The first-order valence-corrected chi connectivity index (χ1v) is 6.11. The number of nitrogens with zero attached hydrogens (tertiary/aromatic N) is 1. The molecular weight excluding hydrogens is 198 g/mol. The van der Waals surface area contributed by atoms with Gasteiger partial charge in [0.2, 0.25) is 0 Å². The Labute approximate surface area is 97.9 Å². The quantitative estimate of drug-likeness (QED) is 0.843. The maximum absolute atomic E-state index is 9.28. The average Bonchev–Trinajstić information content (AvgIpc) is 2.63. The summed E-state index contributed by atoms with van der Waals surface area (Å²) in [5.41, 5.74) is 4.03. The van der Waals surface area contributed by atoms with Gasteiger partial charge in [-0.15, -0.1) is 0 Å². The summed E-state index contributed by atoms with van der Waals surface area (Å²) in [6, 6.07) is 7.08. The van der Waals surface area contributed by atoms with Crippen molar-refractivity contribution in [3.63, 3.8) is 0 Å². The lowest BCUT2D eigenvalue weighted by Crippen LogP contribution is -2.31. The van der Waals surface area contributed by atoms with Gasteiger partial charge in [0.25, 0.3) is 0 Å². The Morgan fingerprint density at radius 2 is 1.94 bits per heavy atom. The SMILES string of the molecule is Cc1cc(C)cc(CN2CCC[C@H]2CO)c1. The number of hydrogen-bond acceptors (Lipinski definition) is 2. The van der Waals surface area contributed by atoms with Gasteiger partial charge >= 0.3 is 0 Å². The third kappa shape index (κ3) is 2.63. The van der Waals surface area contributed by atoms with Gasteiger partial charge in [-0.2, -0.15) is 0 Å². The molecule has 1 fully saturated rings. The van der Waals surface area contributed by atoms with E-state index in [-0.39, 0.29) is 0 Å². The van der Waals surface area contributed by atoms with Crippen LogP contribution in [0.2, 0.25) is 0 Å². The lowest BCUT2D eigenvalue weighted by atomic mass is 10.1. The van der Waals surface area contributed by atoms with Crippen LogP contribution in [-0.4, -0.2) is 29.2 Å². The minimum absolute atomic E-state index is 0.296. The fourth-order valence-electron chi connectivity index (χ4n) is 2.70. The minimum atomic E-state index is 0.296. The standard InChI is InChI=1S/C14H21NO/c1-11-6-12(2)8-13(7-11)9-15-5-3-4-14(15)10-16/h6-8,14,16H,3-5,9-10H2,1-2H3/t14-/m0/s1. The van der Waals surface area contributed by atoms with Crippen LogP contribution in [0.25, 0.3) is 0 Å². The molecule has 0 radical (unpaired) electrons. The van der Waals surface area contributed by atoms with E-state index in [1.807, 2.05) is 0 Å². The summed E-state index contributed by atoms with van der Waals surface area (Å²) in [7, 11) is 0. The molecule has 1 aromatic rings. The number of aryl methyl sites for hydroxylation is 2. The highest BCUT2D eigenvalue weighted by atomic mass is 16.3. The van der Waals surface area contributed by atoms with Crippen LogP contribution in [0.3, 0.4) is 0 Å². The number of benzene rings is 1. The van der Waals surface area contributed by atoms with E-state index >= 15 is 0 Å². The second-order valence-corrected chi connectivity index (χ2v) is 4.95. The highest BCUT2D eigenvalue weighted by Gasteiger charge is 2.23. The lowest BCUT2D eigenvalue weighted by molar-refractivity contribution is 0.153. The van der Waals surface area contributed by atoms with Crippen LogP contribution in [0, 0.1) is 13.8 Å². The Balaban J connectivity index is 2.08. The lowest BCUT2D eigenvalue weighted by Gasteiger charge is -2.23. The topological polar surface area (TPSA) is 23.5 Å². The monoisotopic (exact) mass is 219 g/mol. The molecule has 1 heterocycles. The number of aliphatic hydroxyl groups excluding tert-OH is 1. The molecule has 16 heavy (non-hydrogen) atoms. The van der Waals surface area contributed by atoms with E-state index in [0.717, 1.165) is 19.5 Å². The molecule has 1 aromatic carbocycles. The highest BCUT2D eigenvalue weighted by Crippen LogP contribution is 2.20. The van der Waals surface area contributed by atoms with E-state index < -0.39 is 0 Å². The summed E-state index contributed by atoms with van der Waals surface area (Å²) in [6.07, 6.45) is 2.36. The fourth-order valence-corrected chi connectivity index (χ4v) is 2.70. The molecular formula is C14H21NO. The van der Waals surface area contributed by atoms with E-state index in [1.54, 1.807) is 0 Å². The van der Waals surface area contributed by atoms with Crippen LogP contribution >= 0.6 is 0 Å². The first-order chi connectivity index (χ1) is 7.69. The van der Waals surface area contributed by atoms with Crippen molar-refractivity contribution in [3.8, 4) is 0 Å². The molecule has 1 N–H and O–H groups in total. The normalized spacial score (nSPS) is 21.6. The molecule has 1 saturated heterocycles. The summed E-state index contributed by atoms with van der Waals surface area (Å²) >= 11 is 0. The Morgan fingerprint density at radius 3 is 2.56 bits per heavy atom. The minimum Gasteiger partial charge on any atom is -0.395 e. The smallest absolute Gasteiger partial charge is 0.0587 e. The molecule has 88 valence electrons. The van der Waals surface area contributed by atoms with Gasteiger partial charge in [-0.25, -0.2) is 0 Å². The van der Waals surface area contributed by atoms with Crippen LogP contribution in [-0.2, 0) is 6.54 Å². The van der Waals surface area contributed by atoms with Crippen molar-refractivity contribution in [2.45, 2.75) is 39.3 Å². The molecule has 0 amide bonds. The van der Waals surface area contributed by atoms with Gasteiger partial charge in [-0.1, -0.05) is 29.3 Å². The second-order valence-electron chi connectivity index (χ2n) is 4.95. The van der Waals surface area contributed by atoms with Gasteiger partial charge in [0.05, 0.1) is 6.61 Å². The molecule has 0 spiro atoms. The summed E-state index contributed by atoms with van der Waals surface area (Å²) in [4.78, 5) is 2.40. The van der Waals surface area contributed by atoms with Crippen molar-refractivity contribution in [1.82, 2.24) is 4.90 Å². The highest BCUT2D eigenvalue weighted by molar-refractivity contribution is 5.28. The van der Waals surface area contributed by atoms with Gasteiger partial charge in [0.1, 0.15) is 0 Å². The van der Waals surface area contributed by atoms with Crippen LogP contribution in [0.5, 0.6) is 0 Å². The van der Waals surface area contributed by atoms with E-state index in [9.17, 15) is 5.11 Å². The zero-order valence-electron chi connectivity index (χ0n) is 10.2. The molecule has 2 rings (SSSR count). The van der Waals surface area contributed by atoms with Crippen LogP contribution < -0.4 is 0 Å². The maximum atomic E-state index is 9.28. The molecule has 0 unspecified atom stereocenters.